The van der Waals surface area contributed by atoms with Gasteiger partial charge in [0.1, 0.15) is 0 Å². The molecule has 0 N–H and O–H groups in total. The number of benzene rings is 2. The van der Waals surface area contributed by atoms with Gasteiger partial charge in [-0.05, 0) is 78.7 Å². The summed E-state index contributed by atoms with van der Waals surface area (Å²) in [5, 5.41) is 2.74. The molecule has 0 atom stereocenters. The summed E-state index contributed by atoms with van der Waals surface area (Å²) in [4.78, 5) is 0. The Morgan fingerprint density at radius 1 is 1.00 bits per heavy atom. The highest BCUT2D eigenvalue weighted by Crippen LogP contribution is 2.39. The van der Waals surface area contributed by atoms with Crippen LogP contribution in [0.2, 0.25) is 0 Å². The van der Waals surface area contributed by atoms with E-state index in [0.717, 1.165) is 22.1 Å². The van der Waals surface area contributed by atoms with Crippen LogP contribution in [0.3, 0.4) is 0 Å². The van der Waals surface area contributed by atoms with Crippen molar-refractivity contribution in [1.29, 1.82) is 0 Å². The molecule has 136 valence electrons. The zero-order valence-corrected chi connectivity index (χ0v) is 16.3. The fourth-order valence-electron chi connectivity index (χ4n) is 4.45. The number of hydrogen-bond acceptors (Lipinski definition) is 2. The highest BCUT2D eigenvalue weighted by atomic mass is 32.1. The van der Waals surface area contributed by atoms with Gasteiger partial charge in [0.25, 0.3) is 0 Å². The van der Waals surface area contributed by atoms with Crippen molar-refractivity contribution in [3.63, 3.8) is 0 Å². The molecule has 3 heteroatoms. The minimum Gasteiger partial charge on any atom is -0.441 e. The normalized spacial score (nSPS) is 20.7. The molecule has 0 amide bonds. The Bertz CT molecular complexity index is 1010. The molecular formula is C23H25FOS. The zero-order valence-electron chi connectivity index (χ0n) is 15.5. The lowest BCUT2D eigenvalue weighted by Crippen LogP contribution is -2.12. The molecule has 1 nitrogen and oxygen atoms in total. The molecule has 26 heavy (non-hydrogen) atoms. The van der Waals surface area contributed by atoms with Crippen molar-refractivity contribution in [1.82, 2.24) is 0 Å². The van der Waals surface area contributed by atoms with Gasteiger partial charge in [-0.15, -0.1) is 0 Å². The summed E-state index contributed by atoms with van der Waals surface area (Å²) in [6, 6.07) is 10.3. The van der Waals surface area contributed by atoms with Gasteiger partial charge in [-0.1, -0.05) is 44.5 Å². The SMILES string of the molecule is CCc1ccc2c(oc(=S)c3cc(C4CCC(CC)CC4)ccc32)c1F. The Hall–Kier alpha value is -1.74. The van der Waals surface area contributed by atoms with Gasteiger partial charge in [-0.2, -0.15) is 0 Å². The minimum absolute atomic E-state index is 0.278. The van der Waals surface area contributed by atoms with Crippen LogP contribution in [0.15, 0.2) is 34.7 Å². The monoisotopic (exact) mass is 368 g/mol. The molecule has 0 unspecified atom stereocenters. The van der Waals surface area contributed by atoms with Crippen molar-refractivity contribution in [2.24, 2.45) is 5.92 Å². The average molecular weight is 369 g/mol. The van der Waals surface area contributed by atoms with E-state index in [4.69, 9.17) is 16.6 Å². The van der Waals surface area contributed by atoms with Crippen molar-refractivity contribution in [3.8, 4) is 0 Å². The molecule has 2 aromatic carbocycles. The summed E-state index contributed by atoms with van der Waals surface area (Å²) in [5.74, 6) is 1.21. The van der Waals surface area contributed by atoms with Gasteiger partial charge < -0.3 is 4.42 Å². The Morgan fingerprint density at radius 3 is 2.42 bits per heavy atom. The molecule has 1 aromatic heterocycles. The number of rotatable bonds is 3. The molecular weight excluding hydrogens is 343 g/mol. The standard InChI is InChI=1S/C23H25FOS/c1-3-14-5-7-16(8-6-14)17-10-11-18-19-12-9-15(4-2)21(24)22(19)25-23(26)20(18)13-17/h9-14,16H,3-8H2,1-2H3. The van der Waals surface area contributed by atoms with E-state index < -0.39 is 0 Å². The lowest BCUT2D eigenvalue weighted by atomic mass is 9.77. The Labute approximate surface area is 159 Å². The first-order chi connectivity index (χ1) is 12.6. The van der Waals surface area contributed by atoms with E-state index in [9.17, 15) is 4.39 Å². The predicted octanol–water partition coefficient (Wildman–Crippen LogP) is 7.70. The summed E-state index contributed by atoms with van der Waals surface area (Å²) in [6.45, 7) is 4.24. The second-order valence-electron chi connectivity index (χ2n) is 7.59. The molecule has 4 rings (SSSR count). The van der Waals surface area contributed by atoms with E-state index in [2.05, 4.69) is 25.1 Å². The van der Waals surface area contributed by atoms with E-state index in [0.29, 0.717) is 22.6 Å². The second-order valence-corrected chi connectivity index (χ2v) is 7.96. The van der Waals surface area contributed by atoms with E-state index >= 15 is 0 Å². The van der Waals surface area contributed by atoms with Gasteiger partial charge in [0, 0.05) is 10.8 Å². The number of hydrogen-bond donors (Lipinski definition) is 0. The van der Waals surface area contributed by atoms with Crippen molar-refractivity contribution in [2.45, 2.75) is 58.3 Å². The molecule has 3 aromatic rings. The molecule has 1 aliphatic rings. The third-order valence-electron chi connectivity index (χ3n) is 6.20. The van der Waals surface area contributed by atoms with E-state index in [1.54, 1.807) is 0 Å². The van der Waals surface area contributed by atoms with Crippen molar-refractivity contribution in [3.05, 3.63) is 52.0 Å². The quantitative estimate of drug-likeness (QED) is 0.347. The van der Waals surface area contributed by atoms with Gasteiger partial charge in [-0.3, -0.25) is 0 Å². The predicted molar refractivity (Wildman–Crippen MR) is 109 cm³/mol. The van der Waals surface area contributed by atoms with E-state index in [-0.39, 0.29) is 11.4 Å². The third-order valence-corrected chi connectivity index (χ3v) is 6.51. The van der Waals surface area contributed by atoms with Crippen LogP contribution >= 0.6 is 12.2 Å². The highest BCUT2D eigenvalue weighted by Gasteiger charge is 2.22. The largest absolute Gasteiger partial charge is 0.441 e. The first-order valence-corrected chi connectivity index (χ1v) is 10.2. The number of aryl methyl sites for hydroxylation is 1. The summed E-state index contributed by atoms with van der Waals surface area (Å²) < 4.78 is 20.8. The lowest BCUT2D eigenvalue weighted by molar-refractivity contribution is 0.319. The first-order valence-electron chi connectivity index (χ1n) is 9.80. The molecule has 0 aliphatic heterocycles. The maximum atomic E-state index is 14.7. The molecule has 1 saturated carbocycles. The van der Waals surface area contributed by atoms with Crippen LogP contribution in [0, 0.1) is 16.4 Å². The van der Waals surface area contributed by atoms with Crippen LogP contribution in [0.25, 0.3) is 21.7 Å². The van der Waals surface area contributed by atoms with Gasteiger partial charge >= 0.3 is 0 Å². The van der Waals surface area contributed by atoms with Gasteiger partial charge in [0.15, 0.2) is 16.1 Å². The fourth-order valence-corrected chi connectivity index (χ4v) is 4.71. The smallest absolute Gasteiger partial charge is 0.198 e. The maximum Gasteiger partial charge on any atom is 0.198 e. The maximum absolute atomic E-state index is 14.7. The Morgan fingerprint density at radius 2 is 1.73 bits per heavy atom. The van der Waals surface area contributed by atoms with Crippen molar-refractivity contribution in [2.75, 3.05) is 0 Å². The molecule has 1 fully saturated rings. The van der Waals surface area contributed by atoms with Gasteiger partial charge in [0.05, 0.1) is 0 Å². The second kappa shape index (κ2) is 7.11. The first kappa shape index (κ1) is 17.7. The van der Waals surface area contributed by atoms with Crippen LogP contribution in [-0.2, 0) is 6.42 Å². The average Bonchev–Trinajstić information content (AvgIpc) is 2.69. The molecule has 0 spiro atoms. The van der Waals surface area contributed by atoms with Crippen LogP contribution in [0.1, 0.15) is 63.0 Å². The topological polar surface area (TPSA) is 13.1 Å². The minimum atomic E-state index is -0.278. The molecule has 0 saturated heterocycles. The highest BCUT2D eigenvalue weighted by molar-refractivity contribution is 7.71. The van der Waals surface area contributed by atoms with Gasteiger partial charge in [-0.25, -0.2) is 4.39 Å². The van der Waals surface area contributed by atoms with Crippen LogP contribution < -0.4 is 0 Å². The van der Waals surface area contributed by atoms with E-state index in [1.807, 2.05) is 19.1 Å². The van der Waals surface area contributed by atoms with Crippen LogP contribution in [-0.4, -0.2) is 0 Å². The van der Waals surface area contributed by atoms with E-state index in [1.165, 1.54) is 37.7 Å². The third kappa shape index (κ3) is 2.96. The molecule has 1 heterocycles. The number of fused-ring (bicyclic) bond motifs is 3. The summed E-state index contributed by atoms with van der Waals surface area (Å²) >= 11 is 5.49. The zero-order chi connectivity index (χ0) is 18.3. The summed E-state index contributed by atoms with van der Waals surface area (Å²) in [7, 11) is 0. The Balaban J connectivity index is 1.81. The number of halogens is 1. The molecule has 0 bridgehead atoms. The van der Waals surface area contributed by atoms with Gasteiger partial charge in [0.2, 0.25) is 0 Å². The molecule has 1 aliphatic carbocycles. The molecule has 0 radical (unpaired) electrons. The summed E-state index contributed by atoms with van der Waals surface area (Å²) in [5.41, 5.74) is 2.30. The van der Waals surface area contributed by atoms with Crippen LogP contribution in [0.5, 0.6) is 0 Å². The lowest BCUT2D eigenvalue weighted by Gasteiger charge is -2.28. The van der Waals surface area contributed by atoms with Crippen molar-refractivity contribution >= 4 is 34.0 Å². The van der Waals surface area contributed by atoms with Crippen LogP contribution in [0.4, 0.5) is 4.39 Å². The Kier molecular flexibility index (Phi) is 4.83. The summed E-state index contributed by atoms with van der Waals surface area (Å²) in [6.07, 6.45) is 7.05. The fraction of sp³-hybridized carbons (Fsp3) is 0.435. The van der Waals surface area contributed by atoms with Crippen molar-refractivity contribution < 1.29 is 8.81 Å².